The summed E-state index contributed by atoms with van der Waals surface area (Å²) in [4.78, 5) is 6.98. The second-order valence-electron chi connectivity index (χ2n) is 11.1. The minimum Gasteiger partial charge on any atom is -0.481 e. The Balaban J connectivity index is 0.00000181. The van der Waals surface area contributed by atoms with Crippen LogP contribution in [0.15, 0.2) is 85.1 Å². The summed E-state index contributed by atoms with van der Waals surface area (Å²) in [7, 11) is 5.81. The Hall–Kier alpha value is -3.21. The third-order valence-electron chi connectivity index (χ3n) is 8.29. The third-order valence-corrected chi connectivity index (χ3v) is 8.29. The number of methoxy groups -OCH3 is 1. The number of hydrogen-bond donors (Lipinski definition) is 1. The van der Waals surface area contributed by atoms with E-state index in [1.54, 1.807) is 7.11 Å². The molecule has 1 fully saturated rings. The summed E-state index contributed by atoms with van der Waals surface area (Å²) >= 11 is 0. The largest absolute Gasteiger partial charge is 0.481 e. The molecule has 4 nitrogen and oxygen atoms in total. The minimum atomic E-state index is -1.20. The van der Waals surface area contributed by atoms with Gasteiger partial charge in [0.05, 0.1) is 7.11 Å². The number of pyridine rings is 1. The lowest BCUT2D eigenvalue weighted by molar-refractivity contribution is 0.00512. The van der Waals surface area contributed by atoms with E-state index in [-0.39, 0.29) is 5.92 Å². The summed E-state index contributed by atoms with van der Waals surface area (Å²) in [6, 6.07) is 27.3. The van der Waals surface area contributed by atoms with Gasteiger partial charge < -0.3 is 14.7 Å². The molecular weight excluding hydrogens is 492 g/mol. The zero-order valence-electron chi connectivity index (χ0n) is 24.9. The fourth-order valence-corrected chi connectivity index (χ4v) is 6.31. The summed E-state index contributed by atoms with van der Waals surface area (Å²) in [5.41, 5.74) is 3.01. The Bertz CT molecular complexity index is 1340. The molecule has 3 aromatic carbocycles. The zero-order chi connectivity index (χ0) is 28.5. The molecule has 1 heterocycles. The fraction of sp³-hybridized carbons (Fsp3) is 0.417. The smallest absolute Gasteiger partial charge is 0.216 e. The molecule has 0 bridgehead atoms. The first-order valence-electron chi connectivity index (χ1n) is 15.0. The van der Waals surface area contributed by atoms with Crippen LogP contribution in [-0.2, 0) is 5.60 Å². The van der Waals surface area contributed by atoms with E-state index in [1.165, 1.54) is 37.7 Å². The van der Waals surface area contributed by atoms with Crippen molar-refractivity contribution < 1.29 is 9.84 Å². The molecule has 0 radical (unpaired) electrons. The van der Waals surface area contributed by atoms with E-state index in [2.05, 4.69) is 91.8 Å². The van der Waals surface area contributed by atoms with Crippen molar-refractivity contribution in [2.24, 2.45) is 0 Å². The molecule has 0 spiro atoms. The highest BCUT2D eigenvalue weighted by molar-refractivity contribution is 5.86. The normalized spacial score (nSPS) is 16.2. The van der Waals surface area contributed by atoms with Gasteiger partial charge in [-0.25, -0.2) is 4.98 Å². The third kappa shape index (κ3) is 6.40. The van der Waals surface area contributed by atoms with E-state index in [0.29, 0.717) is 18.2 Å². The zero-order valence-corrected chi connectivity index (χ0v) is 24.9. The number of nitrogens with zero attached hydrogens (tertiary/aromatic N) is 2. The first kappa shape index (κ1) is 29.8. The highest BCUT2D eigenvalue weighted by Crippen LogP contribution is 2.49. The number of ether oxygens (including phenoxy) is 1. The molecule has 1 saturated carbocycles. The Morgan fingerprint density at radius 3 is 2.30 bits per heavy atom. The average molecular weight is 539 g/mol. The predicted molar refractivity (Wildman–Crippen MR) is 167 cm³/mol. The number of rotatable bonds is 9. The highest BCUT2D eigenvalue weighted by atomic mass is 16.5. The summed E-state index contributed by atoms with van der Waals surface area (Å²) in [6.07, 6.45) is 8.77. The Kier molecular flexibility index (Phi) is 10.4. The fourth-order valence-electron chi connectivity index (χ4n) is 6.31. The quantitative estimate of drug-likeness (QED) is 0.233. The van der Waals surface area contributed by atoms with Crippen molar-refractivity contribution in [3.05, 3.63) is 107 Å². The van der Waals surface area contributed by atoms with Crippen LogP contribution in [0.3, 0.4) is 0 Å². The maximum absolute atomic E-state index is 13.1. The van der Waals surface area contributed by atoms with Gasteiger partial charge in [0.15, 0.2) is 0 Å². The van der Waals surface area contributed by atoms with Crippen LogP contribution < -0.4 is 4.74 Å². The second kappa shape index (κ2) is 13.9. The Labute approximate surface area is 241 Å². The van der Waals surface area contributed by atoms with Gasteiger partial charge in [-0.1, -0.05) is 106 Å². The molecule has 0 saturated heterocycles. The molecule has 1 aliphatic carbocycles. The van der Waals surface area contributed by atoms with Gasteiger partial charge in [0, 0.05) is 24.2 Å². The van der Waals surface area contributed by atoms with Crippen molar-refractivity contribution in [2.45, 2.75) is 69.8 Å². The Morgan fingerprint density at radius 1 is 0.925 bits per heavy atom. The summed E-state index contributed by atoms with van der Waals surface area (Å²) in [5, 5.41) is 15.3. The molecular formula is C36H46N2O2. The van der Waals surface area contributed by atoms with Crippen molar-refractivity contribution in [3.63, 3.8) is 0 Å². The molecule has 2 unspecified atom stereocenters. The average Bonchev–Trinajstić information content (AvgIpc) is 3.02. The minimum absolute atomic E-state index is 0.361. The number of aliphatic hydroxyl groups is 1. The molecule has 0 aliphatic heterocycles. The number of fused-ring (bicyclic) bond motifs is 1. The van der Waals surface area contributed by atoms with Gasteiger partial charge in [0.25, 0.3) is 0 Å². The van der Waals surface area contributed by atoms with Gasteiger partial charge in [-0.3, -0.25) is 0 Å². The Morgan fingerprint density at radius 2 is 1.60 bits per heavy atom. The van der Waals surface area contributed by atoms with Crippen LogP contribution >= 0.6 is 0 Å². The van der Waals surface area contributed by atoms with Crippen molar-refractivity contribution in [1.82, 2.24) is 9.88 Å². The van der Waals surface area contributed by atoms with Gasteiger partial charge >= 0.3 is 0 Å². The van der Waals surface area contributed by atoms with Crippen molar-refractivity contribution in [3.8, 4) is 5.88 Å². The van der Waals surface area contributed by atoms with Gasteiger partial charge in [0.1, 0.15) is 5.60 Å². The summed E-state index contributed by atoms with van der Waals surface area (Å²) in [6.45, 7) is 4.74. The number of aromatic nitrogens is 1. The standard InChI is InChI=1S/C34H40N2O2.C2H6/c1-36(2)22-21-34(37,31-20-12-18-26-15-10-11-19-29(26)31)32(27-16-8-5-9-17-27)30-23-28(24-35-33(30)38-3)25-13-6-4-7-14-25;1-2/h5,8-12,15-20,23-25,32,37H,4,6-7,13-14,21-22H2,1-3H3;1-2H3. The van der Waals surface area contributed by atoms with Gasteiger partial charge in [0.2, 0.25) is 5.88 Å². The van der Waals surface area contributed by atoms with E-state index in [9.17, 15) is 5.11 Å². The summed E-state index contributed by atoms with van der Waals surface area (Å²) < 4.78 is 5.90. The van der Waals surface area contributed by atoms with E-state index < -0.39 is 5.60 Å². The van der Waals surface area contributed by atoms with Crippen LogP contribution in [0.25, 0.3) is 10.8 Å². The first-order valence-corrected chi connectivity index (χ1v) is 15.0. The SMILES string of the molecule is CC.COc1ncc(C2CCCCC2)cc1C(c1ccccc1)C(O)(CCN(C)C)c1cccc2ccccc12. The van der Waals surface area contributed by atoms with E-state index in [4.69, 9.17) is 9.72 Å². The van der Waals surface area contributed by atoms with Crippen LogP contribution in [0.5, 0.6) is 5.88 Å². The monoisotopic (exact) mass is 538 g/mol. The molecule has 40 heavy (non-hydrogen) atoms. The lowest BCUT2D eigenvalue weighted by Crippen LogP contribution is -2.38. The molecule has 2 atom stereocenters. The van der Waals surface area contributed by atoms with Gasteiger partial charge in [-0.2, -0.15) is 0 Å². The molecule has 4 heteroatoms. The van der Waals surface area contributed by atoms with Crippen molar-refractivity contribution >= 4 is 10.8 Å². The molecule has 4 aromatic rings. The maximum atomic E-state index is 13.1. The molecule has 212 valence electrons. The topological polar surface area (TPSA) is 45.6 Å². The van der Waals surface area contributed by atoms with Crippen molar-refractivity contribution in [2.75, 3.05) is 27.7 Å². The van der Waals surface area contributed by atoms with Crippen LogP contribution in [0.4, 0.5) is 0 Å². The predicted octanol–water partition coefficient (Wildman–Crippen LogP) is 8.29. The van der Waals surface area contributed by atoms with Crippen LogP contribution in [0.2, 0.25) is 0 Å². The molecule has 1 aliphatic rings. The molecule has 0 amide bonds. The molecule has 1 aromatic heterocycles. The second-order valence-corrected chi connectivity index (χ2v) is 11.1. The lowest BCUT2D eigenvalue weighted by Gasteiger charge is -2.39. The van der Waals surface area contributed by atoms with Crippen molar-refractivity contribution in [1.29, 1.82) is 0 Å². The van der Waals surface area contributed by atoms with Crippen LogP contribution in [0, 0.1) is 0 Å². The van der Waals surface area contributed by atoms with Gasteiger partial charge in [-0.15, -0.1) is 0 Å². The maximum Gasteiger partial charge on any atom is 0.216 e. The van der Waals surface area contributed by atoms with E-state index >= 15 is 0 Å². The molecule has 1 N–H and O–H groups in total. The summed E-state index contributed by atoms with van der Waals surface area (Å²) in [5.74, 6) is 0.729. The first-order chi connectivity index (χ1) is 19.5. The van der Waals surface area contributed by atoms with Gasteiger partial charge in [-0.05, 0) is 72.8 Å². The van der Waals surface area contributed by atoms with Crippen LogP contribution in [0.1, 0.15) is 86.5 Å². The molecule has 5 rings (SSSR count). The lowest BCUT2D eigenvalue weighted by atomic mass is 9.70. The number of benzene rings is 3. The number of hydrogen-bond acceptors (Lipinski definition) is 4. The highest BCUT2D eigenvalue weighted by Gasteiger charge is 2.43. The van der Waals surface area contributed by atoms with E-state index in [0.717, 1.165) is 34.0 Å². The van der Waals surface area contributed by atoms with Crippen LogP contribution in [-0.4, -0.2) is 42.7 Å². The van der Waals surface area contributed by atoms with E-state index in [1.807, 2.05) is 26.1 Å².